The number of H-pyrrole nitrogens is 1. The predicted molar refractivity (Wildman–Crippen MR) is 105 cm³/mol. The van der Waals surface area contributed by atoms with Crippen LogP contribution in [0.1, 0.15) is 31.7 Å². The third-order valence-corrected chi connectivity index (χ3v) is 4.75. The van der Waals surface area contributed by atoms with Crippen LogP contribution in [0.25, 0.3) is 0 Å². The van der Waals surface area contributed by atoms with Gasteiger partial charge in [0.05, 0.1) is 13.0 Å². The molecule has 0 radical (unpaired) electrons. The minimum Gasteiger partial charge on any atom is -0.497 e. The number of benzene rings is 1. The molecule has 1 fully saturated rings. The molecule has 3 rings (SSSR count). The fraction of sp³-hybridized carbons (Fsp3) is 0.500. The molecule has 2 amide bonds. The number of nitrogens with one attached hydrogen (secondary N) is 2. The fourth-order valence-electron chi connectivity index (χ4n) is 3.30. The highest BCUT2D eigenvalue weighted by molar-refractivity contribution is 5.96. The van der Waals surface area contributed by atoms with E-state index in [-0.39, 0.29) is 30.1 Å². The average molecular weight is 385 g/mol. The van der Waals surface area contributed by atoms with Gasteiger partial charge in [0, 0.05) is 25.9 Å². The van der Waals surface area contributed by atoms with Crippen molar-refractivity contribution >= 4 is 17.8 Å². The lowest BCUT2D eigenvalue weighted by Crippen LogP contribution is -2.31. The first-order valence-electron chi connectivity index (χ1n) is 9.57. The Morgan fingerprint density at radius 3 is 2.75 bits per heavy atom. The number of ether oxygens (including phenoxy) is 1. The van der Waals surface area contributed by atoms with Gasteiger partial charge in [-0.3, -0.25) is 20.0 Å². The number of aryl methyl sites for hydroxylation is 2. The minimum atomic E-state index is -0.354. The van der Waals surface area contributed by atoms with Gasteiger partial charge in [0.1, 0.15) is 11.6 Å². The maximum Gasteiger partial charge on any atom is 0.248 e. The predicted octanol–water partition coefficient (Wildman–Crippen LogP) is 2.04. The zero-order valence-corrected chi connectivity index (χ0v) is 16.6. The van der Waals surface area contributed by atoms with Crippen LogP contribution in [0.15, 0.2) is 24.3 Å². The van der Waals surface area contributed by atoms with E-state index in [4.69, 9.17) is 4.74 Å². The number of anilines is 1. The zero-order chi connectivity index (χ0) is 20.1. The number of nitrogens with zero attached hydrogens (tertiary/aromatic N) is 3. The molecule has 0 aliphatic carbocycles. The van der Waals surface area contributed by atoms with Crippen molar-refractivity contribution in [3.8, 4) is 5.75 Å². The summed E-state index contributed by atoms with van der Waals surface area (Å²) in [4.78, 5) is 30.6. The molecule has 28 heavy (non-hydrogen) atoms. The fourth-order valence-corrected chi connectivity index (χ4v) is 3.30. The van der Waals surface area contributed by atoms with Crippen LogP contribution in [0.4, 0.5) is 5.95 Å². The molecule has 0 unspecified atom stereocenters. The largest absolute Gasteiger partial charge is 0.497 e. The molecule has 8 heteroatoms. The number of carbonyl (C=O) groups excluding carboxylic acids is 2. The number of carbonyl (C=O) groups is 2. The number of hydrogen-bond acceptors (Lipinski definition) is 5. The molecule has 0 bridgehead atoms. The maximum absolute atomic E-state index is 12.4. The first kappa shape index (κ1) is 19.9. The summed E-state index contributed by atoms with van der Waals surface area (Å²) in [6.07, 6.45) is 1.72. The quantitative estimate of drug-likeness (QED) is 0.724. The van der Waals surface area contributed by atoms with Crippen molar-refractivity contribution in [1.29, 1.82) is 0 Å². The number of rotatable bonds is 8. The molecule has 1 saturated heterocycles. The summed E-state index contributed by atoms with van der Waals surface area (Å²) >= 11 is 0. The molecule has 1 aromatic heterocycles. The first-order valence-corrected chi connectivity index (χ1v) is 9.57. The second-order valence-electron chi connectivity index (χ2n) is 7.54. The molecule has 2 aromatic rings. The van der Waals surface area contributed by atoms with Crippen LogP contribution in [-0.2, 0) is 22.4 Å². The summed E-state index contributed by atoms with van der Waals surface area (Å²) in [6.45, 7) is 5.25. The standard InChI is InChI=1S/C20H27N5O3/c1-13(2)11-25-12-15(10-18(25)26)19(27)22-20-21-17(23-24-20)9-6-14-4-7-16(28-3)8-5-14/h4-5,7-8,13,15H,6,9-12H2,1-3H3,(H2,21,22,23,24,27)/t15-/m1/s1. The number of likely N-dealkylation sites (tertiary alicyclic amines) is 1. The Morgan fingerprint density at radius 1 is 1.32 bits per heavy atom. The van der Waals surface area contributed by atoms with Gasteiger partial charge in [-0.25, -0.2) is 0 Å². The molecule has 0 spiro atoms. The Kier molecular flexibility index (Phi) is 6.28. The topological polar surface area (TPSA) is 100 Å². The third-order valence-electron chi connectivity index (χ3n) is 4.75. The summed E-state index contributed by atoms with van der Waals surface area (Å²) in [5.41, 5.74) is 1.16. The van der Waals surface area contributed by atoms with Crippen molar-refractivity contribution in [2.24, 2.45) is 11.8 Å². The van der Waals surface area contributed by atoms with Gasteiger partial charge in [-0.2, -0.15) is 4.98 Å². The summed E-state index contributed by atoms with van der Waals surface area (Å²) < 4.78 is 5.15. The number of hydrogen-bond donors (Lipinski definition) is 2. The molecule has 8 nitrogen and oxygen atoms in total. The number of aromatic amines is 1. The lowest BCUT2D eigenvalue weighted by molar-refractivity contribution is -0.128. The molecule has 2 N–H and O–H groups in total. The average Bonchev–Trinajstić information content (AvgIpc) is 3.27. The Hall–Kier alpha value is -2.90. The molecule has 150 valence electrons. The normalized spacial score (nSPS) is 16.6. The molecular formula is C20H27N5O3. The SMILES string of the molecule is COc1ccc(CCc2nc(NC(=O)[C@@H]3CC(=O)N(CC(C)C)C3)n[nH]2)cc1. The summed E-state index contributed by atoms with van der Waals surface area (Å²) in [6, 6.07) is 7.87. The molecule has 0 saturated carbocycles. The van der Waals surface area contributed by atoms with E-state index in [1.807, 2.05) is 24.3 Å². The van der Waals surface area contributed by atoms with Crippen molar-refractivity contribution in [3.05, 3.63) is 35.7 Å². The Bertz CT molecular complexity index is 816. The Labute approximate surface area is 164 Å². The van der Waals surface area contributed by atoms with Crippen molar-refractivity contribution in [2.45, 2.75) is 33.1 Å². The van der Waals surface area contributed by atoms with Gasteiger partial charge in [0.25, 0.3) is 0 Å². The maximum atomic E-state index is 12.4. The lowest BCUT2D eigenvalue weighted by Gasteiger charge is -2.18. The van der Waals surface area contributed by atoms with Gasteiger partial charge in [-0.15, -0.1) is 5.10 Å². The Morgan fingerprint density at radius 2 is 2.07 bits per heavy atom. The second-order valence-corrected chi connectivity index (χ2v) is 7.54. The molecule has 1 atom stereocenters. The van der Waals surface area contributed by atoms with Crippen LogP contribution in [0, 0.1) is 11.8 Å². The van der Waals surface area contributed by atoms with E-state index in [2.05, 4.69) is 34.3 Å². The second kappa shape index (κ2) is 8.86. The summed E-state index contributed by atoms with van der Waals surface area (Å²) in [5.74, 6) is 1.63. The number of aromatic nitrogens is 3. The van der Waals surface area contributed by atoms with Crippen LogP contribution < -0.4 is 10.1 Å². The third kappa shape index (κ3) is 5.09. The summed E-state index contributed by atoms with van der Waals surface area (Å²) in [5, 5.41) is 9.65. The number of amides is 2. The molecular weight excluding hydrogens is 358 g/mol. The molecule has 1 aromatic carbocycles. The minimum absolute atomic E-state index is 0.0315. The van der Waals surface area contributed by atoms with Gasteiger partial charge >= 0.3 is 0 Å². The van der Waals surface area contributed by atoms with Crippen molar-refractivity contribution in [1.82, 2.24) is 20.1 Å². The van der Waals surface area contributed by atoms with Crippen LogP contribution in [0.3, 0.4) is 0 Å². The highest BCUT2D eigenvalue weighted by Gasteiger charge is 2.34. The zero-order valence-electron chi connectivity index (χ0n) is 16.6. The van der Waals surface area contributed by atoms with Crippen LogP contribution in [0.2, 0.25) is 0 Å². The van der Waals surface area contributed by atoms with E-state index in [1.54, 1.807) is 12.0 Å². The van der Waals surface area contributed by atoms with Gasteiger partial charge in [-0.05, 0) is 30.0 Å². The highest BCUT2D eigenvalue weighted by Crippen LogP contribution is 2.20. The van der Waals surface area contributed by atoms with E-state index in [0.717, 1.165) is 17.7 Å². The molecule has 1 aliphatic rings. The van der Waals surface area contributed by atoms with Crippen LogP contribution >= 0.6 is 0 Å². The van der Waals surface area contributed by atoms with E-state index >= 15 is 0 Å². The lowest BCUT2D eigenvalue weighted by atomic mass is 10.1. The monoisotopic (exact) mass is 385 g/mol. The van der Waals surface area contributed by atoms with E-state index in [1.165, 1.54) is 0 Å². The van der Waals surface area contributed by atoms with Crippen molar-refractivity contribution in [2.75, 3.05) is 25.5 Å². The van der Waals surface area contributed by atoms with E-state index in [9.17, 15) is 9.59 Å². The highest BCUT2D eigenvalue weighted by atomic mass is 16.5. The molecule has 2 heterocycles. The van der Waals surface area contributed by atoms with E-state index < -0.39 is 0 Å². The van der Waals surface area contributed by atoms with Crippen LogP contribution in [-0.4, -0.2) is 52.1 Å². The van der Waals surface area contributed by atoms with Crippen molar-refractivity contribution < 1.29 is 14.3 Å². The van der Waals surface area contributed by atoms with Crippen molar-refractivity contribution in [3.63, 3.8) is 0 Å². The summed E-state index contributed by atoms with van der Waals surface area (Å²) in [7, 11) is 1.64. The smallest absolute Gasteiger partial charge is 0.248 e. The first-order chi connectivity index (χ1) is 13.4. The molecule has 1 aliphatic heterocycles. The van der Waals surface area contributed by atoms with Gasteiger partial charge in [0.15, 0.2) is 0 Å². The van der Waals surface area contributed by atoms with Crippen LogP contribution in [0.5, 0.6) is 5.75 Å². The van der Waals surface area contributed by atoms with Gasteiger partial charge in [-0.1, -0.05) is 26.0 Å². The van der Waals surface area contributed by atoms with E-state index in [0.29, 0.717) is 31.3 Å². The van der Waals surface area contributed by atoms with Gasteiger partial charge < -0.3 is 9.64 Å². The van der Waals surface area contributed by atoms with Gasteiger partial charge in [0.2, 0.25) is 17.8 Å². The number of methoxy groups -OCH3 is 1. The Balaban J connectivity index is 1.50.